The molecule has 0 aliphatic rings. The minimum atomic E-state index is -1.42. The van der Waals surface area contributed by atoms with Gasteiger partial charge in [-0.1, -0.05) is 62.9 Å². The second kappa shape index (κ2) is 18.1. The van der Waals surface area contributed by atoms with Gasteiger partial charge in [0.05, 0.1) is 17.6 Å². The molecule has 0 spiro atoms. The number of benzene rings is 1. The molecule has 1 aromatic heterocycles. The zero-order valence-corrected chi connectivity index (χ0v) is 23.7. The molecule has 0 fully saturated rings. The minimum absolute atomic E-state index is 0.223. The van der Waals surface area contributed by atoms with Crippen LogP contribution in [0.3, 0.4) is 0 Å². The number of unbranched alkanes of at least 4 members (excludes halogenated alkanes) is 3. The van der Waals surface area contributed by atoms with Crippen LogP contribution in [0.15, 0.2) is 54.9 Å². The summed E-state index contributed by atoms with van der Waals surface area (Å²) >= 11 is 0. The van der Waals surface area contributed by atoms with Crippen molar-refractivity contribution in [3.63, 3.8) is 0 Å². The van der Waals surface area contributed by atoms with Gasteiger partial charge >= 0.3 is 0 Å². The molecule has 10 nitrogen and oxygen atoms in total. The standard InChI is InChI=1S/C30H44N4O6/c1-4-5-6-10-15-25(33-29(38)23-14-11-17-31-20-23)30(39)34-26(19-22-12-8-7-9-13-22)28(37)27(36)24(16-18-40-3)32-21(2)35/h7-9,11-14,17,20,24-28,36-37H,4-6,10,15-16,18-19H2,1-3H3,(H,32,35)(H,33,38)(H,34,39)/t24-,25-,26+,27-,28-/m1/s1. The number of pyridine rings is 1. The van der Waals surface area contributed by atoms with Crippen LogP contribution in [-0.4, -0.2) is 77.0 Å². The molecule has 0 bridgehead atoms. The molecule has 0 saturated carbocycles. The summed E-state index contributed by atoms with van der Waals surface area (Å²) < 4.78 is 5.11. The van der Waals surface area contributed by atoms with Crippen molar-refractivity contribution in [2.45, 2.75) is 89.1 Å². The number of ether oxygens (including phenoxy) is 1. The largest absolute Gasteiger partial charge is 0.388 e. The number of hydrogen-bond donors (Lipinski definition) is 5. The molecule has 0 unspecified atom stereocenters. The number of aliphatic hydroxyl groups excluding tert-OH is 2. The van der Waals surface area contributed by atoms with E-state index in [4.69, 9.17) is 4.74 Å². The van der Waals surface area contributed by atoms with E-state index in [1.165, 1.54) is 20.2 Å². The van der Waals surface area contributed by atoms with Gasteiger partial charge in [0.1, 0.15) is 18.2 Å². The van der Waals surface area contributed by atoms with Crippen molar-refractivity contribution in [3.05, 3.63) is 66.0 Å². The van der Waals surface area contributed by atoms with E-state index in [1.54, 1.807) is 18.3 Å². The Morgan fingerprint density at radius 3 is 2.25 bits per heavy atom. The summed E-state index contributed by atoms with van der Waals surface area (Å²) in [6.07, 6.45) is 4.77. The van der Waals surface area contributed by atoms with E-state index < -0.39 is 42.1 Å². The van der Waals surface area contributed by atoms with Gasteiger partial charge in [-0.2, -0.15) is 0 Å². The van der Waals surface area contributed by atoms with Crippen molar-refractivity contribution in [1.82, 2.24) is 20.9 Å². The van der Waals surface area contributed by atoms with E-state index >= 15 is 0 Å². The summed E-state index contributed by atoms with van der Waals surface area (Å²) in [7, 11) is 1.51. The highest BCUT2D eigenvalue weighted by Crippen LogP contribution is 2.15. The summed E-state index contributed by atoms with van der Waals surface area (Å²) in [5.74, 6) is -1.25. The monoisotopic (exact) mass is 556 g/mol. The summed E-state index contributed by atoms with van der Waals surface area (Å²) in [5.41, 5.74) is 1.17. The van der Waals surface area contributed by atoms with Gasteiger partial charge < -0.3 is 30.9 Å². The first kappa shape index (κ1) is 32.9. The Morgan fingerprint density at radius 1 is 0.900 bits per heavy atom. The number of rotatable bonds is 18. The predicted molar refractivity (Wildman–Crippen MR) is 152 cm³/mol. The molecule has 0 radical (unpaired) electrons. The van der Waals surface area contributed by atoms with Crippen molar-refractivity contribution in [2.75, 3.05) is 13.7 Å². The maximum absolute atomic E-state index is 13.6. The minimum Gasteiger partial charge on any atom is -0.388 e. The molecule has 0 aliphatic heterocycles. The molecule has 0 saturated heterocycles. The molecule has 2 rings (SSSR count). The number of aromatic nitrogens is 1. The summed E-state index contributed by atoms with van der Waals surface area (Å²) in [6, 6.07) is 9.99. The van der Waals surface area contributed by atoms with Gasteiger partial charge in [0.25, 0.3) is 5.91 Å². The van der Waals surface area contributed by atoms with Crippen LogP contribution in [-0.2, 0) is 20.7 Å². The van der Waals surface area contributed by atoms with Crippen molar-refractivity contribution < 1.29 is 29.3 Å². The Bertz CT molecular complexity index is 1020. The molecule has 5 N–H and O–H groups in total. The van der Waals surface area contributed by atoms with Gasteiger partial charge in [-0.3, -0.25) is 19.4 Å². The van der Waals surface area contributed by atoms with Crippen molar-refractivity contribution in [2.24, 2.45) is 0 Å². The van der Waals surface area contributed by atoms with Crippen LogP contribution in [0.5, 0.6) is 0 Å². The third-order valence-electron chi connectivity index (χ3n) is 6.71. The van der Waals surface area contributed by atoms with E-state index in [2.05, 4.69) is 27.9 Å². The number of carbonyl (C=O) groups excluding carboxylic acids is 3. The zero-order chi connectivity index (χ0) is 29.3. The van der Waals surface area contributed by atoms with E-state index in [-0.39, 0.29) is 25.4 Å². The lowest BCUT2D eigenvalue weighted by molar-refractivity contribution is -0.127. The Morgan fingerprint density at radius 2 is 1.62 bits per heavy atom. The van der Waals surface area contributed by atoms with E-state index in [1.807, 2.05) is 30.3 Å². The first-order valence-corrected chi connectivity index (χ1v) is 13.9. The molecule has 1 heterocycles. The number of aliphatic hydroxyl groups is 2. The molecule has 220 valence electrons. The van der Waals surface area contributed by atoms with Crippen LogP contribution in [0.2, 0.25) is 0 Å². The van der Waals surface area contributed by atoms with Crippen LogP contribution < -0.4 is 16.0 Å². The van der Waals surface area contributed by atoms with Crippen LogP contribution in [0.4, 0.5) is 0 Å². The number of amides is 3. The lowest BCUT2D eigenvalue weighted by atomic mass is 9.92. The lowest BCUT2D eigenvalue weighted by Crippen LogP contribution is -2.59. The second-order valence-corrected chi connectivity index (χ2v) is 9.99. The van der Waals surface area contributed by atoms with Crippen LogP contribution in [0, 0.1) is 0 Å². The summed E-state index contributed by atoms with van der Waals surface area (Å²) in [6.45, 7) is 3.68. The molecule has 10 heteroatoms. The molecule has 0 aliphatic carbocycles. The SMILES string of the molecule is CCCCCC[C@@H](NC(=O)c1cccnc1)C(=O)N[C@@H](Cc1ccccc1)[C@@H](O)[C@H](O)[C@@H](CCOC)NC(C)=O. The first-order valence-electron chi connectivity index (χ1n) is 13.9. The normalized spacial score (nSPS) is 14.8. The predicted octanol–water partition coefficient (Wildman–Crippen LogP) is 2.14. The number of nitrogens with one attached hydrogen (secondary N) is 3. The van der Waals surface area contributed by atoms with Crippen LogP contribution in [0.1, 0.15) is 68.3 Å². The number of carbonyl (C=O) groups is 3. The molecule has 2 aromatic rings. The molecule has 1 aromatic carbocycles. The van der Waals surface area contributed by atoms with E-state index in [0.29, 0.717) is 12.0 Å². The van der Waals surface area contributed by atoms with Crippen molar-refractivity contribution in [3.8, 4) is 0 Å². The smallest absolute Gasteiger partial charge is 0.253 e. The van der Waals surface area contributed by atoms with Crippen molar-refractivity contribution in [1.29, 1.82) is 0 Å². The molecule has 3 amide bonds. The zero-order valence-electron chi connectivity index (χ0n) is 23.7. The number of methoxy groups -OCH3 is 1. The van der Waals surface area contributed by atoms with Gasteiger partial charge in [0.15, 0.2) is 0 Å². The third kappa shape index (κ3) is 11.4. The first-order chi connectivity index (χ1) is 19.3. The van der Waals surface area contributed by atoms with Gasteiger partial charge in [0, 0.05) is 33.0 Å². The highest BCUT2D eigenvalue weighted by Gasteiger charge is 2.35. The van der Waals surface area contributed by atoms with Crippen molar-refractivity contribution >= 4 is 17.7 Å². The maximum atomic E-state index is 13.6. The van der Waals surface area contributed by atoms with Gasteiger partial charge in [-0.25, -0.2) is 0 Å². The summed E-state index contributed by atoms with van der Waals surface area (Å²) in [5, 5.41) is 30.8. The Balaban J connectivity index is 2.27. The average Bonchev–Trinajstić information content (AvgIpc) is 2.96. The Labute approximate surface area is 236 Å². The van der Waals surface area contributed by atoms with Gasteiger partial charge in [0.2, 0.25) is 11.8 Å². The third-order valence-corrected chi connectivity index (χ3v) is 6.71. The fourth-order valence-electron chi connectivity index (χ4n) is 4.50. The molecule has 5 atom stereocenters. The highest BCUT2D eigenvalue weighted by atomic mass is 16.5. The molecule has 40 heavy (non-hydrogen) atoms. The topological polar surface area (TPSA) is 150 Å². The van der Waals surface area contributed by atoms with Crippen LogP contribution >= 0.6 is 0 Å². The average molecular weight is 557 g/mol. The Hall–Kier alpha value is -3.34. The highest BCUT2D eigenvalue weighted by molar-refractivity contribution is 5.97. The fourth-order valence-corrected chi connectivity index (χ4v) is 4.50. The number of nitrogens with zero attached hydrogens (tertiary/aromatic N) is 1. The quantitative estimate of drug-likeness (QED) is 0.177. The second-order valence-electron chi connectivity index (χ2n) is 9.99. The fraction of sp³-hybridized carbons (Fsp3) is 0.533. The molecular weight excluding hydrogens is 512 g/mol. The van der Waals surface area contributed by atoms with E-state index in [0.717, 1.165) is 31.2 Å². The van der Waals surface area contributed by atoms with Crippen LogP contribution in [0.25, 0.3) is 0 Å². The van der Waals surface area contributed by atoms with Gasteiger partial charge in [-0.05, 0) is 37.0 Å². The van der Waals surface area contributed by atoms with Gasteiger partial charge in [-0.15, -0.1) is 0 Å². The Kier molecular flexibility index (Phi) is 14.9. The summed E-state index contributed by atoms with van der Waals surface area (Å²) in [4.78, 5) is 42.2. The van der Waals surface area contributed by atoms with E-state index in [9.17, 15) is 24.6 Å². The lowest BCUT2D eigenvalue weighted by Gasteiger charge is -2.33. The number of hydrogen-bond acceptors (Lipinski definition) is 7. The molecular formula is C30H44N4O6. The maximum Gasteiger partial charge on any atom is 0.253 e.